The Balaban J connectivity index is 1.61. The van der Waals surface area contributed by atoms with Crippen LogP contribution in [0.3, 0.4) is 0 Å². The minimum absolute atomic E-state index is 0.0887. The largest absolute Gasteiger partial charge is 0.332 e. The maximum Gasteiger partial charge on any atom is 0.280 e. The molecule has 0 saturated carbocycles. The Kier molecular flexibility index (Phi) is 5.11. The second-order valence-electron chi connectivity index (χ2n) is 6.12. The van der Waals surface area contributed by atoms with Gasteiger partial charge in [-0.1, -0.05) is 0 Å². The van der Waals surface area contributed by atoms with Crippen molar-refractivity contribution in [2.24, 2.45) is 0 Å². The van der Waals surface area contributed by atoms with Gasteiger partial charge in [-0.15, -0.1) is 11.3 Å². The van der Waals surface area contributed by atoms with E-state index in [2.05, 4.69) is 11.4 Å². The first-order valence-electron chi connectivity index (χ1n) is 8.12. The fourth-order valence-electron chi connectivity index (χ4n) is 3.07. The van der Waals surface area contributed by atoms with Gasteiger partial charge in [0.2, 0.25) is 0 Å². The van der Waals surface area contributed by atoms with Gasteiger partial charge in [0, 0.05) is 16.5 Å². The number of nitriles is 1. The smallest absolute Gasteiger partial charge is 0.280 e. The third-order valence-electron chi connectivity index (χ3n) is 4.40. The zero-order valence-electron chi connectivity index (χ0n) is 13.7. The molecule has 4 nitrogen and oxygen atoms in total. The maximum atomic E-state index is 13.8. The van der Waals surface area contributed by atoms with Crippen molar-refractivity contribution in [1.82, 2.24) is 0 Å². The van der Waals surface area contributed by atoms with Crippen molar-refractivity contribution in [3.05, 3.63) is 51.4 Å². The number of rotatable bonds is 5. The highest BCUT2D eigenvalue weighted by molar-refractivity contribution is 7.16. The van der Waals surface area contributed by atoms with Gasteiger partial charge in [0.25, 0.3) is 5.91 Å². The number of fused-ring (bicyclic) bond motifs is 1. The summed E-state index contributed by atoms with van der Waals surface area (Å²) in [5.41, 5.74) is 1.99. The first kappa shape index (κ1) is 17.5. The van der Waals surface area contributed by atoms with E-state index in [4.69, 9.17) is 0 Å². The molecule has 1 atom stereocenters. The van der Waals surface area contributed by atoms with Crippen LogP contribution in [0.4, 0.5) is 13.8 Å². The standard InChI is InChI=1S/C18H17F2N3OS/c1-10(12-6-5-11(19)7-15(12)20)22-9-17(24)23-18-14(8-21)13-3-2-4-16(13)25-18/h5-7,10,22H,2-4,9H2,1H3,(H,23,24)/p+1/t10-/m1/s1. The fourth-order valence-corrected chi connectivity index (χ4v) is 4.33. The van der Waals surface area contributed by atoms with Gasteiger partial charge in [-0.2, -0.15) is 5.26 Å². The number of quaternary nitrogens is 1. The Morgan fingerprint density at radius 3 is 2.96 bits per heavy atom. The number of benzene rings is 1. The molecule has 1 aromatic heterocycles. The van der Waals surface area contributed by atoms with Gasteiger partial charge in [-0.05, 0) is 43.9 Å². The van der Waals surface area contributed by atoms with E-state index in [9.17, 15) is 18.8 Å². The number of hydrogen-bond donors (Lipinski definition) is 2. The quantitative estimate of drug-likeness (QED) is 0.859. The molecule has 3 rings (SSSR count). The molecule has 0 bridgehead atoms. The third kappa shape index (κ3) is 3.70. The molecule has 2 aromatic rings. The van der Waals surface area contributed by atoms with Crippen LogP contribution in [-0.2, 0) is 17.6 Å². The molecule has 0 spiro atoms. The average Bonchev–Trinajstić information content (AvgIpc) is 3.13. The number of amides is 1. The van der Waals surface area contributed by atoms with Crippen LogP contribution in [-0.4, -0.2) is 12.5 Å². The lowest BCUT2D eigenvalue weighted by Crippen LogP contribution is -2.86. The first-order chi connectivity index (χ1) is 12.0. The molecule has 130 valence electrons. The summed E-state index contributed by atoms with van der Waals surface area (Å²) in [7, 11) is 0. The minimum atomic E-state index is -0.624. The SMILES string of the molecule is C[C@@H]([NH2+]CC(=O)Nc1sc2c(c1C#N)CCC2)c1ccc(F)cc1F. The number of halogens is 2. The van der Waals surface area contributed by atoms with Gasteiger partial charge in [-0.3, -0.25) is 4.79 Å². The Hall–Kier alpha value is -2.30. The molecule has 1 heterocycles. The summed E-state index contributed by atoms with van der Waals surface area (Å²) >= 11 is 1.47. The number of carbonyl (C=O) groups is 1. The number of thiophene rings is 1. The van der Waals surface area contributed by atoms with E-state index >= 15 is 0 Å². The lowest BCUT2D eigenvalue weighted by Gasteiger charge is -2.12. The summed E-state index contributed by atoms with van der Waals surface area (Å²) in [5, 5.41) is 14.4. The Labute approximate surface area is 148 Å². The second kappa shape index (κ2) is 7.30. The summed E-state index contributed by atoms with van der Waals surface area (Å²) in [6.45, 7) is 1.84. The summed E-state index contributed by atoms with van der Waals surface area (Å²) in [5.74, 6) is -1.49. The average molecular weight is 362 g/mol. The molecule has 1 aromatic carbocycles. The molecule has 0 aliphatic heterocycles. The molecule has 1 aliphatic rings. The molecule has 25 heavy (non-hydrogen) atoms. The highest BCUT2D eigenvalue weighted by atomic mass is 32.1. The maximum absolute atomic E-state index is 13.8. The van der Waals surface area contributed by atoms with Gasteiger partial charge in [0.15, 0.2) is 6.54 Å². The van der Waals surface area contributed by atoms with Gasteiger partial charge < -0.3 is 10.6 Å². The zero-order chi connectivity index (χ0) is 18.0. The molecular weight excluding hydrogens is 344 g/mol. The van der Waals surface area contributed by atoms with E-state index in [1.165, 1.54) is 28.3 Å². The Morgan fingerprint density at radius 1 is 1.44 bits per heavy atom. The van der Waals surface area contributed by atoms with E-state index < -0.39 is 11.6 Å². The predicted molar refractivity (Wildman–Crippen MR) is 91.3 cm³/mol. The number of nitrogens with one attached hydrogen (secondary N) is 1. The lowest BCUT2D eigenvalue weighted by molar-refractivity contribution is -0.682. The number of hydrogen-bond acceptors (Lipinski definition) is 3. The van der Waals surface area contributed by atoms with Crippen molar-refractivity contribution in [1.29, 1.82) is 5.26 Å². The topological polar surface area (TPSA) is 69.5 Å². The van der Waals surface area contributed by atoms with Crippen LogP contribution in [0.5, 0.6) is 0 Å². The van der Waals surface area contributed by atoms with Crippen molar-refractivity contribution in [3.8, 4) is 6.07 Å². The highest BCUT2D eigenvalue weighted by Gasteiger charge is 2.23. The normalized spacial score (nSPS) is 14.0. The van der Waals surface area contributed by atoms with Crippen molar-refractivity contribution in [2.75, 3.05) is 11.9 Å². The second-order valence-corrected chi connectivity index (χ2v) is 7.22. The van der Waals surface area contributed by atoms with Crippen LogP contribution < -0.4 is 10.6 Å². The summed E-state index contributed by atoms with van der Waals surface area (Å²) in [6, 6.07) is 5.29. The van der Waals surface area contributed by atoms with Crippen LogP contribution in [0.1, 0.15) is 41.0 Å². The molecule has 7 heteroatoms. The zero-order valence-corrected chi connectivity index (χ0v) is 14.6. The monoisotopic (exact) mass is 362 g/mol. The fraction of sp³-hybridized carbons (Fsp3) is 0.333. The van der Waals surface area contributed by atoms with E-state index in [0.717, 1.165) is 30.9 Å². The van der Waals surface area contributed by atoms with Crippen LogP contribution in [0.25, 0.3) is 0 Å². The van der Waals surface area contributed by atoms with E-state index in [-0.39, 0.29) is 18.5 Å². The molecule has 1 amide bonds. The summed E-state index contributed by atoms with van der Waals surface area (Å²) in [4.78, 5) is 13.4. The van der Waals surface area contributed by atoms with Gasteiger partial charge >= 0.3 is 0 Å². The van der Waals surface area contributed by atoms with Crippen molar-refractivity contribution in [2.45, 2.75) is 32.2 Å². The number of nitrogens with zero attached hydrogens (tertiary/aromatic N) is 1. The summed E-state index contributed by atoms with van der Waals surface area (Å²) in [6.07, 6.45) is 2.90. The highest BCUT2D eigenvalue weighted by Crippen LogP contribution is 2.38. The molecule has 3 N–H and O–H groups in total. The van der Waals surface area contributed by atoms with E-state index in [1.807, 2.05) is 0 Å². The molecular formula is C18H18F2N3OS+. The summed E-state index contributed by atoms with van der Waals surface area (Å²) < 4.78 is 26.7. The van der Waals surface area contributed by atoms with Crippen LogP contribution in [0.2, 0.25) is 0 Å². The molecule has 0 radical (unpaired) electrons. The number of aryl methyl sites for hydroxylation is 1. The molecule has 0 saturated heterocycles. The predicted octanol–water partition coefficient (Wildman–Crippen LogP) is 2.65. The van der Waals surface area contributed by atoms with Gasteiger partial charge in [-0.25, -0.2) is 8.78 Å². The minimum Gasteiger partial charge on any atom is -0.332 e. The van der Waals surface area contributed by atoms with Crippen molar-refractivity contribution >= 4 is 22.2 Å². The van der Waals surface area contributed by atoms with E-state index in [0.29, 0.717) is 16.1 Å². The van der Waals surface area contributed by atoms with E-state index in [1.54, 1.807) is 12.2 Å². The van der Waals surface area contributed by atoms with Crippen LogP contribution in [0.15, 0.2) is 18.2 Å². The molecule has 1 aliphatic carbocycles. The third-order valence-corrected chi connectivity index (χ3v) is 5.60. The van der Waals surface area contributed by atoms with Gasteiger partial charge in [0.05, 0.1) is 5.56 Å². The number of nitrogens with two attached hydrogens (primary N) is 1. The van der Waals surface area contributed by atoms with Crippen molar-refractivity contribution in [3.63, 3.8) is 0 Å². The number of anilines is 1. The number of carbonyl (C=O) groups excluding carboxylic acids is 1. The van der Waals surface area contributed by atoms with Crippen molar-refractivity contribution < 1.29 is 18.9 Å². The molecule has 0 fully saturated rings. The Bertz CT molecular complexity index is 857. The van der Waals surface area contributed by atoms with Gasteiger partial charge in [0.1, 0.15) is 28.7 Å². The first-order valence-corrected chi connectivity index (χ1v) is 8.94. The van der Waals surface area contributed by atoms with Crippen LogP contribution in [0, 0.1) is 23.0 Å². The molecule has 0 unspecified atom stereocenters. The lowest BCUT2D eigenvalue weighted by atomic mass is 10.1. The Morgan fingerprint density at radius 2 is 2.24 bits per heavy atom. The van der Waals surface area contributed by atoms with Crippen LogP contribution >= 0.6 is 11.3 Å².